The highest BCUT2D eigenvalue weighted by molar-refractivity contribution is 5.93. The van der Waals surface area contributed by atoms with E-state index in [1.54, 1.807) is 32.3 Å². The van der Waals surface area contributed by atoms with E-state index in [1.165, 1.54) is 0 Å². The molecule has 0 radical (unpaired) electrons. The first-order chi connectivity index (χ1) is 13.1. The Morgan fingerprint density at radius 1 is 1.19 bits per heavy atom. The van der Waals surface area contributed by atoms with Crippen LogP contribution in [0.25, 0.3) is 0 Å². The summed E-state index contributed by atoms with van der Waals surface area (Å²) in [4.78, 5) is 17.7. The first-order valence-electron chi connectivity index (χ1n) is 8.95. The standard InChI is InChI=1S/C20H28N4O3/c1-21-20(22-11-5-12-26-15-18-6-4-13-27-18)23-14-16-7-9-17(10-8-16)19(25)24(2)3/h4,6-10,13H,5,11-12,14-15H2,1-3H3,(H2,21,22,23). The van der Waals surface area contributed by atoms with Crippen molar-refractivity contribution in [2.24, 2.45) is 4.99 Å². The normalized spacial score (nSPS) is 11.3. The number of nitrogens with zero attached hydrogens (tertiary/aromatic N) is 2. The summed E-state index contributed by atoms with van der Waals surface area (Å²) in [6.07, 6.45) is 2.51. The molecule has 1 heterocycles. The maximum atomic E-state index is 11.9. The highest BCUT2D eigenvalue weighted by Crippen LogP contribution is 2.06. The number of rotatable bonds is 9. The van der Waals surface area contributed by atoms with E-state index in [0.717, 1.165) is 30.2 Å². The summed E-state index contributed by atoms with van der Waals surface area (Å²) in [5.74, 6) is 1.56. The van der Waals surface area contributed by atoms with Crippen LogP contribution in [0, 0.1) is 0 Å². The van der Waals surface area contributed by atoms with Gasteiger partial charge in [-0.2, -0.15) is 0 Å². The molecule has 0 bridgehead atoms. The van der Waals surface area contributed by atoms with Crippen molar-refractivity contribution < 1.29 is 13.9 Å². The molecule has 0 fully saturated rings. The molecular formula is C20H28N4O3. The molecule has 2 rings (SSSR count). The van der Waals surface area contributed by atoms with Crippen LogP contribution in [0.2, 0.25) is 0 Å². The lowest BCUT2D eigenvalue weighted by molar-refractivity contribution is 0.0827. The molecule has 1 amide bonds. The number of amides is 1. The molecule has 0 unspecified atom stereocenters. The fraction of sp³-hybridized carbons (Fsp3) is 0.400. The number of aliphatic imine (C=N–C) groups is 1. The molecule has 27 heavy (non-hydrogen) atoms. The van der Waals surface area contributed by atoms with E-state index < -0.39 is 0 Å². The van der Waals surface area contributed by atoms with Crippen molar-refractivity contribution in [2.45, 2.75) is 19.6 Å². The van der Waals surface area contributed by atoms with Gasteiger partial charge in [0, 0.05) is 46.4 Å². The highest BCUT2D eigenvalue weighted by atomic mass is 16.5. The van der Waals surface area contributed by atoms with Crippen LogP contribution in [0.5, 0.6) is 0 Å². The van der Waals surface area contributed by atoms with Gasteiger partial charge in [-0.25, -0.2) is 0 Å². The molecule has 0 saturated carbocycles. The number of hydrogen-bond acceptors (Lipinski definition) is 4. The van der Waals surface area contributed by atoms with Gasteiger partial charge in [0.1, 0.15) is 12.4 Å². The summed E-state index contributed by atoms with van der Waals surface area (Å²) < 4.78 is 10.8. The van der Waals surface area contributed by atoms with Crippen LogP contribution < -0.4 is 10.6 Å². The minimum Gasteiger partial charge on any atom is -0.467 e. The Balaban J connectivity index is 1.64. The molecule has 0 spiro atoms. The second kappa shape index (κ2) is 11.0. The Labute approximate surface area is 160 Å². The summed E-state index contributed by atoms with van der Waals surface area (Å²) in [5, 5.41) is 6.51. The molecule has 0 saturated heterocycles. The van der Waals surface area contributed by atoms with Gasteiger partial charge >= 0.3 is 0 Å². The van der Waals surface area contributed by atoms with Gasteiger partial charge in [0.25, 0.3) is 5.91 Å². The minimum atomic E-state index is 0.00116. The third-order valence-corrected chi connectivity index (χ3v) is 3.87. The van der Waals surface area contributed by atoms with Crippen molar-refractivity contribution in [1.29, 1.82) is 0 Å². The summed E-state index contributed by atoms with van der Waals surface area (Å²) >= 11 is 0. The first-order valence-corrected chi connectivity index (χ1v) is 8.95. The Bertz CT molecular complexity index is 709. The topological polar surface area (TPSA) is 79.1 Å². The van der Waals surface area contributed by atoms with Crippen LogP contribution in [-0.2, 0) is 17.9 Å². The second-order valence-electron chi connectivity index (χ2n) is 6.23. The first kappa shape index (κ1) is 20.5. The van der Waals surface area contributed by atoms with Crippen molar-refractivity contribution in [3.8, 4) is 0 Å². The fourth-order valence-electron chi connectivity index (χ4n) is 2.38. The van der Waals surface area contributed by atoms with Gasteiger partial charge < -0.3 is 24.7 Å². The zero-order chi connectivity index (χ0) is 19.5. The van der Waals surface area contributed by atoms with Crippen molar-refractivity contribution in [3.05, 3.63) is 59.5 Å². The van der Waals surface area contributed by atoms with E-state index in [0.29, 0.717) is 25.3 Å². The Morgan fingerprint density at radius 3 is 2.59 bits per heavy atom. The summed E-state index contributed by atoms with van der Waals surface area (Å²) in [6, 6.07) is 11.3. The van der Waals surface area contributed by atoms with Crippen LogP contribution in [0.4, 0.5) is 0 Å². The molecule has 2 N–H and O–H groups in total. The number of carbonyl (C=O) groups is 1. The molecule has 0 aliphatic heterocycles. The van der Waals surface area contributed by atoms with Gasteiger partial charge in [0.2, 0.25) is 0 Å². The number of hydrogen-bond donors (Lipinski definition) is 2. The third kappa shape index (κ3) is 7.15. The van der Waals surface area contributed by atoms with Crippen LogP contribution >= 0.6 is 0 Å². The van der Waals surface area contributed by atoms with Crippen molar-refractivity contribution in [3.63, 3.8) is 0 Å². The molecule has 146 valence electrons. The van der Waals surface area contributed by atoms with Crippen LogP contribution in [0.3, 0.4) is 0 Å². The predicted molar refractivity (Wildman–Crippen MR) is 106 cm³/mol. The zero-order valence-electron chi connectivity index (χ0n) is 16.2. The maximum Gasteiger partial charge on any atom is 0.253 e. The Morgan fingerprint density at radius 2 is 1.96 bits per heavy atom. The highest BCUT2D eigenvalue weighted by Gasteiger charge is 2.07. The molecule has 2 aromatic rings. The largest absolute Gasteiger partial charge is 0.467 e. The predicted octanol–water partition coefficient (Wildman–Crippen LogP) is 2.25. The monoisotopic (exact) mass is 372 g/mol. The number of guanidine groups is 1. The lowest BCUT2D eigenvalue weighted by Gasteiger charge is -2.13. The van der Waals surface area contributed by atoms with Gasteiger partial charge in [-0.15, -0.1) is 0 Å². The summed E-state index contributed by atoms with van der Waals surface area (Å²) in [7, 11) is 5.23. The van der Waals surface area contributed by atoms with E-state index in [1.807, 2.05) is 36.4 Å². The van der Waals surface area contributed by atoms with E-state index in [4.69, 9.17) is 9.15 Å². The van der Waals surface area contributed by atoms with Gasteiger partial charge in [0.05, 0.1) is 6.26 Å². The van der Waals surface area contributed by atoms with E-state index >= 15 is 0 Å². The molecular weight excluding hydrogens is 344 g/mol. The van der Waals surface area contributed by atoms with E-state index in [2.05, 4.69) is 15.6 Å². The summed E-state index contributed by atoms with van der Waals surface area (Å²) in [6.45, 7) is 2.53. The third-order valence-electron chi connectivity index (χ3n) is 3.87. The second-order valence-corrected chi connectivity index (χ2v) is 6.23. The van der Waals surface area contributed by atoms with Crippen molar-refractivity contribution in [1.82, 2.24) is 15.5 Å². The smallest absolute Gasteiger partial charge is 0.253 e. The molecule has 1 aromatic heterocycles. The molecule has 7 nitrogen and oxygen atoms in total. The lowest BCUT2D eigenvalue weighted by atomic mass is 10.1. The molecule has 1 aromatic carbocycles. The number of carbonyl (C=O) groups excluding carboxylic acids is 1. The lowest BCUT2D eigenvalue weighted by Crippen LogP contribution is -2.37. The Kier molecular flexibility index (Phi) is 8.38. The van der Waals surface area contributed by atoms with Crippen LogP contribution in [0.15, 0.2) is 52.1 Å². The number of nitrogens with one attached hydrogen (secondary N) is 2. The van der Waals surface area contributed by atoms with E-state index in [9.17, 15) is 4.79 Å². The van der Waals surface area contributed by atoms with Crippen LogP contribution in [-0.4, -0.2) is 51.1 Å². The summed E-state index contributed by atoms with van der Waals surface area (Å²) in [5.41, 5.74) is 1.76. The zero-order valence-corrected chi connectivity index (χ0v) is 16.2. The quantitative estimate of drug-likeness (QED) is 0.401. The van der Waals surface area contributed by atoms with Crippen LogP contribution in [0.1, 0.15) is 28.1 Å². The van der Waals surface area contributed by atoms with Crippen molar-refractivity contribution >= 4 is 11.9 Å². The Hall–Kier alpha value is -2.80. The van der Waals surface area contributed by atoms with Crippen molar-refractivity contribution in [2.75, 3.05) is 34.3 Å². The van der Waals surface area contributed by atoms with Gasteiger partial charge in [-0.05, 0) is 36.2 Å². The average Bonchev–Trinajstić information content (AvgIpc) is 3.20. The SMILES string of the molecule is CN=C(NCCCOCc1ccco1)NCc1ccc(C(=O)N(C)C)cc1. The number of benzene rings is 1. The minimum absolute atomic E-state index is 0.00116. The van der Waals surface area contributed by atoms with Gasteiger partial charge in [0.15, 0.2) is 5.96 Å². The number of ether oxygens (including phenoxy) is 1. The fourth-order valence-corrected chi connectivity index (χ4v) is 2.38. The molecule has 0 aliphatic rings. The van der Waals surface area contributed by atoms with Gasteiger partial charge in [-0.3, -0.25) is 9.79 Å². The molecule has 7 heteroatoms. The average molecular weight is 372 g/mol. The molecule has 0 aliphatic carbocycles. The molecule has 0 atom stereocenters. The maximum absolute atomic E-state index is 11.9. The van der Waals surface area contributed by atoms with Gasteiger partial charge in [-0.1, -0.05) is 12.1 Å². The van der Waals surface area contributed by atoms with E-state index in [-0.39, 0.29) is 5.91 Å². The number of furan rings is 1.